The molecule has 0 fully saturated rings. The normalized spacial score (nSPS) is 10.4. The number of rotatable bonds is 5. The molecule has 19 heavy (non-hydrogen) atoms. The SMILES string of the molecule is CCCc1nc(Nc2ccccc2Cl)sc1C(=O)O. The van der Waals surface area contributed by atoms with E-state index in [0.717, 1.165) is 23.4 Å². The number of aromatic carboxylic acids is 1. The number of nitrogens with zero attached hydrogens (tertiary/aromatic N) is 1. The topological polar surface area (TPSA) is 62.2 Å². The van der Waals surface area contributed by atoms with Crippen LogP contribution in [0.1, 0.15) is 28.7 Å². The van der Waals surface area contributed by atoms with Crippen LogP contribution in [0.3, 0.4) is 0 Å². The predicted octanol–water partition coefficient (Wildman–Crippen LogP) is 4.19. The van der Waals surface area contributed by atoms with E-state index in [4.69, 9.17) is 16.7 Å². The first-order valence-corrected chi connectivity index (χ1v) is 7.05. The third kappa shape index (κ3) is 3.24. The van der Waals surface area contributed by atoms with Crippen LogP contribution in [0.2, 0.25) is 5.02 Å². The number of benzene rings is 1. The van der Waals surface area contributed by atoms with Gasteiger partial charge in [0, 0.05) is 0 Å². The van der Waals surface area contributed by atoms with Crippen LogP contribution < -0.4 is 5.32 Å². The quantitative estimate of drug-likeness (QED) is 0.868. The van der Waals surface area contributed by atoms with Crippen LogP contribution in [0.5, 0.6) is 0 Å². The minimum Gasteiger partial charge on any atom is -0.477 e. The number of nitrogens with one attached hydrogen (secondary N) is 1. The Morgan fingerprint density at radius 1 is 1.47 bits per heavy atom. The van der Waals surface area contributed by atoms with Gasteiger partial charge in [0.05, 0.1) is 16.4 Å². The molecule has 0 amide bonds. The highest BCUT2D eigenvalue weighted by atomic mass is 35.5. The fourth-order valence-electron chi connectivity index (χ4n) is 1.66. The number of anilines is 2. The molecule has 2 N–H and O–H groups in total. The van der Waals surface area contributed by atoms with E-state index in [1.807, 2.05) is 25.1 Å². The van der Waals surface area contributed by atoms with Crippen molar-refractivity contribution in [1.29, 1.82) is 0 Å². The van der Waals surface area contributed by atoms with E-state index in [2.05, 4.69) is 10.3 Å². The molecule has 0 aliphatic carbocycles. The van der Waals surface area contributed by atoms with Crippen molar-refractivity contribution in [2.45, 2.75) is 19.8 Å². The highest BCUT2D eigenvalue weighted by molar-refractivity contribution is 7.17. The Morgan fingerprint density at radius 2 is 2.21 bits per heavy atom. The largest absolute Gasteiger partial charge is 0.477 e. The van der Waals surface area contributed by atoms with Crippen LogP contribution in [0.4, 0.5) is 10.8 Å². The molecule has 0 radical (unpaired) electrons. The van der Waals surface area contributed by atoms with Crippen LogP contribution in [0, 0.1) is 0 Å². The lowest BCUT2D eigenvalue weighted by Crippen LogP contribution is -1.98. The third-order valence-electron chi connectivity index (χ3n) is 2.49. The second-order valence-electron chi connectivity index (χ2n) is 3.95. The van der Waals surface area contributed by atoms with Crippen molar-refractivity contribution in [3.05, 3.63) is 39.9 Å². The van der Waals surface area contributed by atoms with E-state index in [0.29, 0.717) is 22.3 Å². The van der Waals surface area contributed by atoms with Gasteiger partial charge in [-0.15, -0.1) is 0 Å². The minimum atomic E-state index is -0.937. The maximum atomic E-state index is 11.1. The van der Waals surface area contributed by atoms with Crippen molar-refractivity contribution in [3.63, 3.8) is 0 Å². The monoisotopic (exact) mass is 296 g/mol. The second kappa shape index (κ2) is 6.04. The summed E-state index contributed by atoms with van der Waals surface area (Å²) in [6.07, 6.45) is 1.51. The van der Waals surface area contributed by atoms with Gasteiger partial charge < -0.3 is 10.4 Å². The lowest BCUT2D eigenvalue weighted by molar-refractivity contribution is 0.0700. The van der Waals surface area contributed by atoms with Crippen LogP contribution in [-0.4, -0.2) is 16.1 Å². The molecule has 0 bridgehead atoms. The van der Waals surface area contributed by atoms with Gasteiger partial charge in [0.2, 0.25) is 0 Å². The van der Waals surface area contributed by atoms with E-state index in [9.17, 15) is 4.79 Å². The van der Waals surface area contributed by atoms with Gasteiger partial charge in [-0.1, -0.05) is 48.4 Å². The number of para-hydroxylation sites is 1. The zero-order chi connectivity index (χ0) is 13.8. The molecule has 0 aliphatic heterocycles. The van der Waals surface area contributed by atoms with E-state index < -0.39 is 5.97 Å². The summed E-state index contributed by atoms with van der Waals surface area (Å²) in [5.41, 5.74) is 1.34. The van der Waals surface area contributed by atoms with Crippen LogP contribution >= 0.6 is 22.9 Å². The zero-order valence-corrected chi connectivity index (χ0v) is 11.9. The second-order valence-corrected chi connectivity index (χ2v) is 5.36. The third-order valence-corrected chi connectivity index (χ3v) is 3.82. The van der Waals surface area contributed by atoms with Gasteiger partial charge in [0.25, 0.3) is 0 Å². The summed E-state index contributed by atoms with van der Waals surface area (Å²) in [6.45, 7) is 1.99. The fourth-order valence-corrected chi connectivity index (χ4v) is 2.70. The molecule has 1 heterocycles. The van der Waals surface area contributed by atoms with Crippen LogP contribution in [-0.2, 0) is 6.42 Å². The number of hydrogen-bond acceptors (Lipinski definition) is 4. The summed E-state index contributed by atoms with van der Waals surface area (Å²) < 4.78 is 0. The van der Waals surface area contributed by atoms with E-state index in [1.165, 1.54) is 0 Å². The van der Waals surface area contributed by atoms with Gasteiger partial charge >= 0.3 is 5.97 Å². The van der Waals surface area contributed by atoms with E-state index >= 15 is 0 Å². The lowest BCUT2D eigenvalue weighted by Gasteiger charge is -2.03. The molecule has 0 aliphatic rings. The molecule has 0 unspecified atom stereocenters. The van der Waals surface area contributed by atoms with Crippen molar-refractivity contribution in [2.75, 3.05) is 5.32 Å². The summed E-state index contributed by atoms with van der Waals surface area (Å²) in [5, 5.41) is 13.3. The standard InChI is InChI=1S/C13H13ClN2O2S/c1-2-5-10-11(12(17)18)19-13(16-10)15-9-7-4-3-6-8(9)14/h3-4,6-7H,2,5H2,1H3,(H,15,16)(H,17,18). The average Bonchev–Trinajstić information content (AvgIpc) is 2.76. The zero-order valence-electron chi connectivity index (χ0n) is 10.3. The molecule has 0 atom stereocenters. The minimum absolute atomic E-state index is 0.288. The van der Waals surface area contributed by atoms with Crippen molar-refractivity contribution < 1.29 is 9.90 Å². The summed E-state index contributed by atoms with van der Waals surface area (Å²) in [4.78, 5) is 15.8. The lowest BCUT2D eigenvalue weighted by atomic mass is 10.2. The maximum Gasteiger partial charge on any atom is 0.347 e. The first kappa shape index (κ1) is 13.8. The summed E-state index contributed by atoms with van der Waals surface area (Å²) in [7, 11) is 0. The molecule has 1 aromatic heterocycles. The molecule has 0 spiro atoms. The van der Waals surface area contributed by atoms with Crippen molar-refractivity contribution in [3.8, 4) is 0 Å². The number of thiazole rings is 1. The molecule has 4 nitrogen and oxygen atoms in total. The summed E-state index contributed by atoms with van der Waals surface area (Å²) in [5.74, 6) is -0.937. The Kier molecular flexibility index (Phi) is 4.39. The fraction of sp³-hybridized carbons (Fsp3) is 0.231. The van der Waals surface area contributed by atoms with Crippen molar-refractivity contribution >= 4 is 39.7 Å². The molecular formula is C13H13ClN2O2S. The van der Waals surface area contributed by atoms with Crippen LogP contribution in [0.25, 0.3) is 0 Å². The number of carbonyl (C=O) groups is 1. The Bertz CT molecular complexity index is 598. The van der Waals surface area contributed by atoms with Crippen LogP contribution in [0.15, 0.2) is 24.3 Å². The summed E-state index contributed by atoms with van der Waals surface area (Å²) in [6, 6.07) is 7.28. The van der Waals surface area contributed by atoms with Crippen molar-refractivity contribution in [2.24, 2.45) is 0 Å². The van der Waals surface area contributed by atoms with E-state index in [1.54, 1.807) is 6.07 Å². The summed E-state index contributed by atoms with van der Waals surface area (Å²) >= 11 is 7.17. The predicted molar refractivity (Wildman–Crippen MR) is 77.8 cm³/mol. The number of hydrogen-bond donors (Lipinski definition) is 2. The van der Waals surface area contributed by atoms with Gasteiger partial charge in [0.15, 0.2) is 5.13 Å². The first-order chi connectivity index (χ1) is 9.11. The Morgan fingerprint density at radius 3 is 2.84 bits per heavy atom. The highest BCUT2D eigenvalue weighted by Gasteiger charge is 2.17. The van der Waals surface area contributed by atoms with Gasteiger partial charge in [-0.25, -0.2) is 9.78 Å². The number of aryl methyl sites for hydroxylation is 1. The smallest absolute Gasteiger partial charge is 0.347 e. The molecule has 1 aromatic carbocycles. The van der Waals surface area contributed by atoms with Crippen molar-refractivity contribution in [1.82, 2.24) is 4.98 Å². The first-order valence-electron chi connectivity index (χ1n) is 5.86. The molecule has 0 saturated carbocycles. The number of aromatic nitrogens is 1. The molecule has 0 saturated heterocycles. The van der Waals surface area contributed by atoms with Gasteiger partial charge in [0.1, 0.15) is 4.88 Å². The van der Waals surface area contributed by atoms with Gasteiger partial charge in [-0.2, -0.15) is 0 Å². The Hall–Kier alpha value is -1.59. The number of halogens is 1. The number of carboxylic acid groups (broad SMARTS) is 1. The van der Waals surface area contributed by atoms with Gasteiger partial charge in [-0.3, -0.25) is 0 Å². The number of carboxylic acids is 1. The Labute approximate surface area is 120 Å². The molecule has 100 valence electrons. The van der Waals surface area contributed by atoms with Gasteiger partial charge in [-0.05, 0) is 18.6 Å². The molecule has 6 heteroatoms. The highest BCUT2D eigenvalue weighted by Crippen LogP contribution is 2.30. The maximum absolute atomic E-state index is 11.1. The average molecular weight is 297 g/mol. The molecular weight excluding hydrogens is 284 g/mol. The Balaban J connectivity index is 2.29. The van der Waals surface area contributed by atoms with E-state index in [-0.39, 0.29) is 4.88 Å². The molecule has 2 rings (SSSR count). The molecule has 2 aromatic rings.